The van der Waals surface area contributed by atoms with Crippen LogP contribution in [0.3, 0.4) is 0 Å². The SMILES string of the molecule is CC(C)(C)OC(=O)N1C[C@H](C(=O)O)[C@@H](c2ccc(C#N)cc2)C1. The molecule has 0 saturated carbocycles. The first-order valence-electron chi connectivity index (χ1n) is 7.42. The third-order valence-electron chi connectivity index (χ3n) is 3.76. The van der Waals surface area contributed by atoms with E-state index in [9.17, 15) is 14.7 Å². The summed E-state index contributed by atoms with van der Waals surface area (Å²) in [6.45, 7) is 5.72. The Hall–Kier alpha value is -2.55. The smallest absolute Gasteiger partial charge is 0.410 e. The Morgan fingerprint density at radius 2 is 1.87 bits per heavy atom. The zero-order chi connectivity index (χ0) is 17.2. The minimum Gasteiger partial charge on any atom is -0.481 e. The summed E-state index contributed by atoms with van der Waals surface area (Å²) in [5.74, 6) is -1.94. The van der Waals surface area contributed by atoms with Gasteiger partial charge in [-0.25, -0.2) is 4.79 Å². The fourth-order valence-electron chi connectivity index (χ4n) is 2.67. The summed E-state index contributed by atoms with van der Waals surface area (Å²) in [6.07, 6.45) is -0.500. The van der Waals surface area contributed by atoms with Gasteiger partial charge in [0.05, 0.1) is 17.6 Å². The molecule has 2 rings (SSSR count). The molecule has 1 heterocycles. The molecule has 0 unspecified atom stereocenters. The van der Waals surface area contributed by atoms with Crippen LogP contribution >= 0.6 is 0 Å². The van der Waals surface area contributed by atoms with Crippen molar-refractivity contribution < 1.29 is 19.4 Å². The maximum atomic E-state index is 12.2. The van der Waals surface area contributed by atoms with Crippen LogP contribution < -0.4 is 0 Å². The number of nitriles is 1. The fourth-order valence-corrected chi connectivity index (χ4v) is 2.67. The van der Waals surface area contributed by atoms with Gasteiger partial charge >= 0.3 is 12.1 Å². The number of hydrogen-bond donors (Lipinski definition) is 1. The lowest BCUT2D eigenvalue weighted by molar-refractivity contribution is -0.141. The molecule has 0 bridgehead atoms. The lowest BCUT2D eigenvalue weighted by atomic mass is 9.89. The van der Waals surface area contributed by atoms with E-state index in [4.69, 9.17) is 10.00 Å². The summed E-state index contributed by atoms with van der Waals surface area (Å²) in [6, 6.07) is 8.84. The standard InChI is InChI=1S/C17H20N2O4/c1-17(2,3)23-16(22)19-9-13(14(10-19)15(20)21)12-6-4-11(8-18)5-7-12/h4-7,13-14H,9-10H2,1-3H3,(H,20,21)/t13-,14+/m1/s1. The number of ether oxygens (including phenoxy) is 1. The van der Waals surface area contributed by atoms with Crippen molar-refractivity contribution in [3.05, 3.63) is 35.4 Å². The van der Waals surface area contributed by atoms with E-state index in [1.165, 1.54) is 4.90 Å². The van der Waals surface area contributed by atoms with E-state index < -0.39 is 23.6 Å². The van der Waals surface area contributed by atoms with Crippen LogP contribution in [0.15, 0.2) is 24.3 Å². The number of benzene rings is 1. The van der Waals surface area contributed by atoms with Gasteiger partial charge in [-0.1, -0.05) is 12.1 Å². The predicted octanol–water partition coefficient (Wildman–Crippen LogP) is 2.59. The van der Waals surface area contributed by atoms with Crippen molar-refractivity contribution in [1.29, 1.82) is 5.26 Å². The second-order valence-electron chi connectivity index (χ2n) is 6.67. The molecule has 122 valence electrons. The molecule has 0 aliphatic carbocycles. The molecule has 0 spiro atoms. The van der Waals surface area contributed by atoms with E-state index in [1.54, 1.807) is 45.0 Å². The molecule has 1 aliphatic rings. The molecule has 6 nitrogen and oxygen atoms in total. The van der Waals surface area contributed by atoms with Crippen LogP contribution in [-0.4, -0.2) is 40.8 Å². The third kappa shape index (κ3) is 4.01. The summed E-state index contributed by atoms with van der Waals surface area (Å²) in [4.78, 5) is 25.1. The number of carboxylic acids is 1. The highest BCUT2D eigenvalue weighted by Crippen LogP contribution is 2.33. The van der Waals surface area contributed by atoms with Crippen molar-refractivity contribution in [1.82, 2.24) is 4.90 Å². The summed E-state index contributed by atoms with van der Waals surface area (Å²) in [5, 5.41) is 18.3. The number of nitrogens with zero attached hydrogens (tertiary/aromatic N) is 2. The van der Waals surface area contributed by atoms with Gasteiger partial charge in [-0.2, -0.15) is 5.26 Å². The monoisotopic (exact) mass is 316 g/mol. The molecule has 1 aromatic carbocycles. The Labute approximate surface area is 135 Å². The van der Waals surface area contributed by atoms with E-state index >= 15 is 0 Å². The van der Waals surface area contributed by atoms with Crippen LogP contribution in [0, 0.1) is 17.2 Å². The molecule has 1 aromatic rings. The number of aliphatic carboxylic acids is 1. The highest BCUT2D eigenvalue weighted by atomic mass is 16.6. The van der Waals surface area contributed by atoms with Crippen molar-refractivity contribution >= 4 is 12.1 Å². The molecule has 1 aliphatic heterocycles. The number of rotatable bonds is 2. The first-order valence-corrected chi connectivity index (χ1v) is 7.42. The zero-order valence-electron chi connectivity index (χ0n) is 13.4. The van der Waals surface area contributed by atoms with E-state index in [-0.39, 0.29) is 19.0 Å². The molecule has 0 aromatic heterocycles. The number of amides is 1. The lowest BCUT2D eigenvalue weighted by Gasteiger charge is -2.24. The normalized spacial score (nSPS) is 20.9. The second kappa shape index (κ2) is 6.29. The molecule has 1 amide bonds. The van der Waals surface area contributed by atoms with E-state index in [2.05, 4.69) is 0 Å². The minimum atomic E-state index is -0.939. The molecule has 2 atom stereocenters. The summed E-state index contributed by atoms with van der Waals surface area (Å²) >= 11 is 0. The number of likely N-dealkylation sites (tertiary alicyclic amines) is 1. The van der Waals surface area contributed by atoms with Crippen molar-refractivity contribution in [2.75, 3.05) is 13.1 Å². The Balaban J connectivity index is 2.19. The summed E-state index contributed by atoms with van der Waals surface area (Å²) in [5.41, 5.74) is 0.701. The molecule has 6 heteroatoms. The van der Waals surface area contributed by atoms with Gasteiger partial charge in [0.15, 0.2) is 0 Å². The number of hydrogen-bond acceptors (Lipinski definition) is 4. The van der Waals surface area contributed by atoms with E-state index in [1.807, 2.05) is 6.07 Å². The Morgan fingerprint density at radius 3 is 2.35 bits per heavy atom. The van der Waals surface area contributed by atoms with Crippen LogP contribution in [-0.2, 0) is 9.53 Å². The Bertz CT molecular complexity index is 640. The van der Waals surface area contributed by atoms with Gasteiger partial charge in [0.2, 0.25) is 0 Å². The van der Waals surface area contributed by atoms with Crippen molar-refractivity contribution in [3.8, 4) is 6.07 Å². The van der Waals surface area contributed by atoms with Crippen LogP contribution in [0.4, 0.5) is 4.79 Å². The molecule has 23 heavy (non-hydrogen) atoms. The highest BCUT2D eigenvalue weighted by molar-refractivity contribution is 5.76. The second-order valence-corrected chi connectivity index (χ2v) is 6.67. The first kappa shape index (κ1) is 16.8. The molecular weight excluding hydrogens is 296 g/mol. The van der Waals surface area contributed by atoms with Gasteiger partial charge in [0, 0.05) is 19.0 Å². The van der Waals surface area contributed by atoms with Crippen LogP contribution in [0.2, 0.25) is 0 Å². The first-order chi connectivity index (χ1) is 10.7. The Kier molecular flexibility index (Phi) is 4.60. The maximum Gasteiger partial charge on any atom is 0.410 e. The van der Waals surface area contributed by atoms with Gasteiger partial charge in [-0.05, 0) is 38.5 Å². The van der Waals surface area contributed by atoms with Crippen LogP contribution in [0.25, 0.3) is 0 Å². The average Bonchev–Trinajstić information content (AvgIpc) is 2.91. The third-order valence-corrected chi connectivity index (χ3v) is 3.76. The van der Waals surface area contributed by atoms with Crippen LogP contribution in [0.1, 0.15) is 37.8 Å². The quantitative estimate of drug-likeness (QED) is 0.905. The van der Waals surface area contributed by atoms with Crippen molar-refractivity contribution in [3.63, 3.8) is 0 Å². The van der Waals surface area contributed by atoms with E-state index in [0.29, 0.717) is 5.56 Å². The number of carbonyl (C=O) groups is 2. The summed E-state index contributed by atoms with van der Waals surface area (Å²) < 4.78 is 5.32. The number of carbonyl (C=O) groups excluding carboxylic acids is 1. The van der Waals surface area contributed by atoms with Gasteiger partial charge in [-0.3, -0.25) is 4.79 Å². The maximum absolute atomic E-state index is 12.2. The van der Waals surface area contributed by atoms with E-state index in [0.717, 1.165) is 5.56 Å². The number of carboxylic acid groups (broad SMARTS) is 1. The molecule has 1 fully saturated rings. The predicted molar refractivity (Wildman–Crippen MR) is 82.8 cm³/mol. The lowest BCUT2D eigenvalue weighted by Crippen LogP contribution is -2.35. The van der Waals surface area contributed by atoms with Crippen LogP contribution in [0.5, 0.6) is 0 Å². The average molecular weight is 316 g/mol. The zero-order valence-corrected chi connectivity index (χ0v) is 13.4. The van der Waals surface area contributed by atoms with Gasteiger partial charge in [-0.15, -0.1) is 0 Å². The fraction of sp³-hybridized carbons (Fsp3) is 0.471. The van der Waals surface area contributed by atoms with Gasteiger partial charge in [0.25, 0.3) is 0 Å². The largest absolute Gasteiger partial charge is 0.481 e. The molecule has 1 N–H and O–H groups in total. The molecule has 0 radical (unpaired) electrons. The van der Waals surface area contributed by atoms with Crippen molar-refractivity contribution in [2.24, 2.45) is 5.92 Å². The Morgan fingerprint density at radius 1 is 1.26 bits per heavy atom. The summed E-state index contributed by atoms with van der Waals surface area (Å²) in [7, 11) is 0. The highest BCUT2D eigenvalue weighted by Gasteiger charge is 2.41. The van der Waals surface area contributed by atoms with Gasteiger partial charge < -0.3 is 14.7 Å². The topological polar surface area (TPSA) is 90.6 Å². The van der Waals surface area contributed by atoms with Gasteiger partial charge in [0.1, 0.15) is 5.60 Å². The molecular formula is C17H20N2O4. The van der Waals surface area contributed by atoms with Crippen molar-refractivity contribution in [2.45, 2.75) is 32.3 Å². The molecule has 1 saturated heterocycles. The minimum absolute atomic E-state index is 0.120.